The number of nitrogens with one attached hydrogen (secondary N) is 1. The first-order chi connectivity index (χ1) is 6.50. The summed E-state index contributed by atoms with van der Waals surface area (Å²) in [5.41, 5.74) is 0. The number of carbonyl (C=O) groups is 1. The van der Waals surface area contributed by atoms with Crippen molar-refractivity contribution in [3.63, 3.8) is 0 Å². The number of amides is 1. The minimum absolute atomic E-state index is 0.200. The highest BCUT2D eigenvalue weighted by atomic mass is 16.2. The topological polar surface area (TPSA) is 32.3 Å². The summed E-state index contributed by atoms with van der Waals surface area (Å²) in [4.78, 5) is 13.0. The highest BCUT2D eigenvalue weighted by Gasteiger charge is 2.25. The zero-order chi connectivity index (χ0) is 10.7. The van der Waals surface area contributed by atoms with Gasteiger partial charge in [-0.1, -0.05) is 13.8 Å². The second-order valence-electron chi connectivity index (χ2n) is 4.65. The number of likely N-dealkylation sites (tertiary alicyclic amines) is 1. The number of hydrogen-bond donors (Lipinski definition) is 1. The Hall–Kier alpha value is -0.570. The largest absolute Gasteiger partial charge is 0.341 e. The van der Waals surface area contributed by atoms with E-state index in [0.29, 0.717) is 18.0 Å². The Morgan fingerprint density at radius 1 is 1.43 bits per heavy atom. The van der Waals surface area contributed by atoms with Gasteiger partial charge in [0.15, 0.2) is 0 Å². The molecule has 2 atom stereocenters. The van der Waals surface area contributed by atoms with Gasteiger partial charge in [-0.25, -0.2) is 0 Å². The molecule has 0 aromatic rings. The molecule has 2 unspecified atom stereocenters. The Labute approximate surface area is 86.9 Å². The Morgan fingerprint density at radius 2 is 2.07 bits per heavy atom. The van der Waals surface area contributed by atoms with Gasteiger partial charge in [0.1, 0.15) is 0 Å². The standard InChI is InChI=1S/C11H22N2O/c1-8(2)9(3)12-11-5-6-13(7-11)10(4)14/h8-9,11-12H,5-7H2,1-4H3. The highest BCUT2D eigenvalue weighted by molar-refractivity contribution is 5.73. The zero-order valence-electron chi connectivity index (χ0n) is 9.71. The number of carbonyl (C=O) groups excluding carboxylic acids is 1. The quantitative estimate of drug-likeness (QED) is 0.740. The normalized spacial score (nSPS) is 24.4. The third-order valence-corrected chi connectivity index (χ3v) is 3.13. The SMILES string of the molecule is CC(=O)N1CCC(NC(C)C(C)C)C1. The smallest absolute Gasteiger partial charge is 0.219 e. The van der Waals surface area contributed by atoms with Gasteiger partial charge < -0.3 is 10.2 Å². The molecular formula is C11H22N2O. The first-order valence-electron chi connectivity index (χ1n) is 5.52. The van der Waals surface area contributed by atoms with Crippen LogP contribution in [0.3, 0.4) is 0 Å². The molecule has 1 N–H and O–H groups in total. The van der Waals surface area contributed by atoms with Crippen LogP contribution in [0.2, 0.25) is 0 Å². The minimum atomic E-state index is 0.200. The van der Waals surface area contributed by atoms with Gasteiger partial charge in [-0.05, 0) is 19.3 Å². The molecule has 3 heteroatoms. The van der Waals surface area contributed by atoms with Gasteiger partial charge in [0.25, 0.3) is 0 Å². The van der Waals surface area contributed by atoms with Crippen LogP contribution in [0.4, 0.5) is 0 Å². The van der Waals surface area contributed by atoms with Crippen LogP contribution in [0.15, 0.2) is 0 Å². The summed E-state index contributed by atoms with van der Waals surface area (Å²) in [6.07, 6.45) is 1.09. The monoisotopic (exact) mass is 198 g/mol. The second-order valence-corrected chi connectivity index (χ2v) is 4.65. The summed E-state index contributed by atoms with van der Waals surface area (Å²) < 4.78 is 0. The molecule has 0 radical (unpaired) electrons. The lowest BCUT2D eigenvalue weighted by Gasteiger charge is -2.22. The zero-order valence-corrected chi connectivity index (χ0v) is 9.71. The minimum Gasteiger partial charge on any atom is -0.341 e. The van der Waals surface area contributed by atoms with Crippen LogP contribution < -0.4 is 5.32 Å². The first-order valence-corrected chi connectivity index (χ1v) is 5.52. The lowest BCUT2D eigenvalue weighted by Crippen LogP contribution is -2.41. The van der Waals surface area contributed by atoms with Crippen LogP contribution in [0.25, 0.3) is 0 Å². The lowest BCUT2D eigenvalue weighted by atomic mass is 10.1. The van der Waals surface area contributed by atoms with E-state index in [9.17, 15) is 4.79 Å². The van der Waals surface area contributed by atoms with Crippen LogP contribution in [-0.4, -0.2) is 36.0 Å². The highest BCUT2D eigenvalue weighted by Crippen LogP contribution is 2.11. The van der Waals surface area contributed by atoms with E-state index in [1.54, 1.807) is 6.92 Å². The molecule has 0 bridgehead atoms. The van der Waals surface area contributed by atoms with E-state index in [4.69, 9.17) is 0 Å². The van der Waals surface area contributed by atoms with Crippen LogP contribution in [0.5, 0.6) is 0 Å². The molecule has 1 amide bonds. The van der Waals surface area contributed by atoms with Crippen molar-refractivity contribution in [2.75, 3.05) is 13.1 Å². The summed E-state index contributed by atoms with van der Waals surface area (Å²) >= 11 is 0. The molecule has 14 heavy (non-hydrogen) atoms. The summed E-state index contributed by atoms with van der Waals surface area (Å²) in [6, 6.07) is 1.03. The third-order valence-electron chi connectivity index (χ3n) is 3.13. The lowest BCUT2D eigenvalue weighted by molar-refractivity contribution is -0.127. The van der Waals surface area contributed by atoms with E-state index >= 15 is 0 Å². The molecule has 1 rings (SSSR count). The van der Waals surface area contributed by atoms with E-state index in [1.807, 2.05) is 4.90 Å². The van der Waals surface area contributed by atoms with Gasteiger partial charge in [-0.15, -0.1) is 0 Å². The summed E-state index contributed by atoms with van der Waals surface area (Å²) in [7, 11) is 0. The molecule has 0 aliphatic carbocycles. The molecule has 1 aliphatic heterocycles. The van der Waals surface area contributed by atoms with E-state index in [-0.39, 0.29) is 5.91 Å². The van der Waals surface area contributed by atoms with Crippen molar-refractivity contribution in [3.05, 3.63) is 0 Å². The van der Waals surface area contributed by atoms with Crippen molar-refractivity contribution >= 4 is 5.91 Å². The van der Waals surface area contributed by atoms with Gasteiger partial charge in [0, 0.05) is 32.1 Å². The summed E-state index contributed by atoms with van der Waals surface area (Å²) in [5.74, 6) is 0.855. The number of rotatable bonds is 3. The summed E-state index contributed by atoms with van der Waals surface area (Å²) in [6.45, 7) is 10.1. The van der Waals surface area contributed by atoms with Gasteiger partial charge in [-0.3, -0.25) is 4.79 Å². The van der Waals surface area contributed by atoms with Gasteiger partial charge in [-0.2, -0.15) is 0 Å². The Bertz CT molecular complexity index is 203. The number of hydrogen-bond acceptors (Lipinski definition) is 2. The molecule has 0 saturated carbocycles. The van der Waals surface area contributed by atoms with E-state index in [1.165, 1.54) is 0 Å². The molecule has 0 aromatic carbocycles. The maximum Gasteiger partial charge on any atom is 0.219 e. The predicted octanol–water partition coefficient (Wildman–Crippen LogP) is 1.24. The van der Waals surface area contributed by atoms with Crippen molar-refractivity contribution in [2.24, 2.45) is 5.92 Å². The Balaban J connectivity index is 2.32. The average molecular weight is 198 g/mol. The molecule has 1 aliphatic rings. The maximum atomic E-state index is 11.1. The second kappa shape index (κ2) is 4.78. The molecule has 1 saturated heterocycles. The molecule has 1 heterocycles. The van der Waals surface area contributed by atoms with Crippen LogP contribution in [0, 0.1) is 5.92 Å². The fraction of sp³-hybridized carbons (Fsp3) is 0.909. The third kappa shape index (κ3) is 2.98. The van der Waals surface area contributed by atoms with Gasteiger partial charge >= 0.3 is 0 Å². The fourth-order valence-electron chi connectivity index (χ4n) is 1.75. The average Bonchev–Trinajstić information content (AvgIpc) is 2.52. The molecular weight excluding hydrogens is 176 g/mol. The van der Waals surface area contributed by atoms with Crippen molar-refractivity contribution in [1.82, 2.24) is 10.2 Å². The summed E-state index contributed by atoms with van der Waals surface area (Å²) in [5, 5.41) is 3.57. The molecule has 3 nitrogen and oxygen atoms in total. The first kappa shape index (κ1) is 11.5. The molecule has 0 spiro atoms. The Kier molecular flexibility index (Phi) is 3.93. The fourth-order valence-corrected chi connectivity index (χ4v) is 1.75. The van der Waals surface area contributed by atoms with Crippen molar-refractivity contribution < 1.29 is 4.79 Å². The predicted molar refractivity (Wildman–Crippen MR) is 58.1 cm³/mol. The maximum absolute atomic E-state index is 11.1. The van der Waals surface area contributed by atoms with E-state index < -0.39 is 0 Å². The van der Waals surface area contributed by atoms with Gasteiger partial charge in [0.05, 0.1) is 0 Å². The van der Waals surface area contributed by atoms with Crippen LogP contribution >= 0.6 is 0 Å². The molecule has 0 aromatic heterocycles. The van der Waals surface area contributed by atoms with E-state index in [2.05, 4.69) is 26.1 Å². The Morgan fingerprint density at radius 3 is 2.50 bits per heavy atom. The van der Waals surface area contributed by atoms with Crippen LogP contribution in [-0.2, 0) is 4.79 Å². The molecule has 82 valence electrons. The number of nitrogens with zero attached hydrogens (tertiary/aromatic N) is 1. The van der Waals surface area contributed by atoms with Crippen LogP contribution in [0.1, 0.15) is 34.1 Å². The van der Waals surface area contributed by atoms with Crippen molar-refractivity contribution in [1.29, 1.82) is 0 Å². The van der Waals surface area contributed by atoms with Gasteiger partial charge in [0.2, 0.25) is 5.91 Å². The van der Waals surface area contributed by atoms with Crippen molar-refractivity contribution in [3.8, 4) is 0 Å². The van der Waals surface area contributed by atoms with Crippen molar-refractivity contribution in [2.45, 2.75) is 46.2 Å². The van der Waals surface area contributed by atoms with E-state index in [0.717, 1.165) is 19.5 Å². The molecule has 1 fully saturated rings.